The first-order valence-electron chi connectivity index (χ1n) is 8.17. The van der Waals surface area contributed by atoms with E-state index in [2.05, 4.69) is 10.2 Å². The minimum absolute atomic E-state index is 0.0901. The van der Waals surface area contributed by atoms with Gasteiger partial charge < -0.3 is 15.0 Å². The summed E-state index contributed by atoms with van der Waals surface area (Å²) in [4.78, 5) is 14.4. The van der Waals surface area contributed by atoms with Crippen molar-refractivity contribution in [2.24, 2.45) is 0 Å². The second kappa shape index (κ2) is 8.86. The molecule has 130 valence electrons. The lowest BCUT2D eigenvalue weighted by atomic mass is 10.1. The van der Waals surface area contributed by atoms with E-state index < -0.39 is 6.10 Å². The van der Waals surface area contributed by atoms with E-state index in [0.29, 0.717) is 17.9 Å². The average molecular weight is 337 g/mol. The second-order valence-corrected chi connectivity index (χ2v) is 6.03. The van der Waals surface area contributed by atoms with Crippen LogP contribution in [0.3, 0.4) is 0 Å². The summed E-state index contributed by atoms with van der Waals surface area (Å²) in [6.45, 7) is 2.21. The van der Waals surface area contributed by atoms with Crippen LogP contribution in [0.15, 0.2) is 54.6 Å². The minimum atomic E-state index is -0.619. The average Bonchev–Trinajstić information content (AvgIpc) is 2.63. The van der Waals surface area contributed by atoms with E-state index >= 15 is 0 Å². The first-order chi connectivity index (χ1) is 12.0. The first-order valence-corrected chi connectivity index (χ1v) is 8.17. The quantitative estimate of drug-likeness (QED) is 0.844. The molecule has 0 aromatic heterocycles. The number of rotatable bonds is 7. The number of ether oxygens (including phenoxy) is 1. The van der Waals surface area contributed by atoms with Crippen molar-refractivity contribution in [1.29, 1.82) is 5.26 Å². The van der Waals surface area contributed by atoms with Crippen LogP contribution < -0.4 is 10.1 Å². The Kier molecular flexibility index (Phi) is 6.55. The Labute approximate surface area is 148 Å². The summed E-state index contributed by atoms with van der Waals surface area (Å²) >= 11 is 0. The molecule has 0 heterocycles. The number of nitrogens with zero attached hydrogens (tertiary/aromatic N) is 2. The van der Waals surface area contributed by atoms with Crippen molar-refractivity contribution >= 4 is 5.91 Å². The van der Waals surface area contributed by atoms with E-state index in [1.54, 1.807) is 31.2 Å². The zero-order valence-corrected chi connectivity index (χ0v) is 14.8. The first kappa shape index (κ1) is 18.5. The van der Waals surface area contributed by atoms with Crippen LogP contribution in [0.4, 0.5) is 0 Å². The highest BCUT2D eigenvalue weighted by molar-refractivity contribution is 5.80. The maximum absolute atomic E-state index is 12.3. The van der Waals surface area contributed by atoms with Crippen molar-refractivity contribution in [2.45, 2.75) is 19.1 Å². The number of carbonyl (C=O) groups excluding carboxylic acids is 1. The lowest BCUT2D eigenvalue weighted by molar-refractivity contribution is -0.127. The fourth-order valence-electron chi connectivity index (χ4n) is 2.48. The van der Waals surface area contributed by atoms with Gasteiger partial charge in [0.1, 0.15) is 5.75 Å². The predicted molar refractivity (Wildman–Crippen MR) is 97.1 cm³/mol. The summed E-state index contributed by atoms with van der Waals surface area (Å²) in [6.07, 6.45) is -0.619. The van der Waals surface area contributed by atoms with Crippen molar-refractivity contribution in [3.05, 3.63) is 65.7 Å². The topological polar surface area (TPSA) is 65.4 Å². The van der Waals surface area contributed by atoms with Gasteiger partial charge in [-0.1, -0.05) is 30.3 Å². The monoisotopic (exact) mass is 337 g/mol. The molecule has 2 rings (SSSR count). The molecule has 0 saturated heterocycles. The largest absolute Gasteiger partial charge is 0.481 e. The molecule has 1 N–H and O–H groups in total. The van der Waals surface area contributed by atoms with Gasteiger partial charge in [0.25, 0.3) is 5.91 Å². The molecular weight excluding hydrogens is 314 g/mol. The Hall–Kier alpha value is -2.84. The van der Waals surface area contributed by atoms with Crippen molar-refractivity contribution < 1.29 is 9.53 Å². The third-order valence-corrected chi connectivity index (χ3v) is 3.94. The number of hydrogen-bond acceptors (Lipinski definition) is 4. The molecule has 2 unspecified atom stereocenters. The predicted octanol–water partition coefficient (Wildman–Crippen LogP) is 2.74. The fourth-order valence-corrected chi connectivity index (χ4v) is 2.48. The number of benzene rings is 2. The third kappa shape index (κ3) is 5.33. The van der Waals surface area contributed by atoms with Gasteiger partial charge in [0, 0.05) is 6.54 Å². The van der Waals surface area contributed by atoms with Crippen LogP contribution in [0.25, 0.3) is 0 Å². The Morgan fingerprint density at radius 3 is 2.36 bits per heavy atom. The van der Waals surface area contributed by atoms with Gasteiger partial charge in [-0.15, -0.1) is 0 Å². The minimum Gasteiger partial charge on any atom is -0.481 e. The summed E-state index contributed by atoms with van der Waals surface area (Å²) in [5, 5.41) is 11.7. The van der Waals surface area contributed by atoms with Crippen molar-refractivity contribution in [3.8, 4) is 11.8 Å². The van der Waals surface area contributed by atoms with Gasteiger partial charge in [0.15, 0.2) is 6.10 Å². The summed E-state index contributed by atoms with van der Waals surface area (Å²) in [6, 6.07) is 18.9. The lowest BCUT2D eigenvalue weighted by Gasteiger charge is -2.26. The highest BCUT2D eigenvalue weighted by Crippen LogP contribution is 2.17. The zero-order chi connectivity index (χ0) is 18.2. The number of carbonyl (C=O) groups is 1. The van der Waals surface area contributed by atoms with E-state index in [9.17, 15) is 4.79 Å². The third-order valence-electron chi connectivity index (χ3n) is 3.94. The van der Waals surface area contributed by atoms with Crippen LogP contribution in [-0.2, 0) is 4.79 Å². The molecular formula is C20H23N3O2. The molecule has 0 bridgehead atoms. The van der Waals surface area contributed by atoms with Crippen LogP contribution in [0.5, 0.6) is 5.75 Å². The molecule has 5 heteroatoms. The Balaban J connectivity index is 1.92. The van der Waals surface area contributed by atoms with Gasteiger partial charge in [0.2, 0.25) is 0 Å². The Morgan fingerprint density at radius 1 is 1.16 bits per heavy atom. The van der Waals surface area contributed by atoms with Gasteiger partial charge in [-0.05, 0) is 50.8 Å². The highest BCUT2D eigenvalue weighted by atomic mass is 16.5. The molecule has 0 fully saturated rings. The van der Waals surface area contributed by atoms with Gasteiger partial charge in [-0.25, -0.2) is 0 Å². The van der Waals surface area contributed by atoms with Crippen molar-refractivity contribution in [3.63, 3.8) is 0 Å². The maximum Gasteiger partial charge on any atom is 0.260 e. The van der Waals surface area contributed by atoms with Gasteiger partial charge in [-0.3, -0.25) is 4.79 Å². The SMILES string of the molecule is CC(Oc1ccc(C#N)cc1)C(=O)NCC(c1ccccc1)N(C)C. The standard InChI is InChI=1S/C20H23N3O2/c1-15(25-18-11-9-16(13-21)10-12-18)20(24)22-14-19(23(2)3)17-7-5-4-6-8-17/h4-12,15,19H,14H2,1-3H3,(H,22,24). The molecule has 2 aromatic rings. The molecule has 25 heavy (non-hydrogen) atoms. The smallest absolute Gasteiger partial charge is 0.260 e. The number of hydrogen-bond donors (Lipinski definition) is 1. The van der Waals surface area contributed by atoms with Crippen LogP contribution in [0.1, 0.15) is 24.1 Å². The molecule has 2 aromatic carbocycles. The number of amides is 1. The van der Waals surface area contributed by atoms with Crippen LogP contribution >= 0.6 is 0 Å². The van der Waals surface area contributed by atoms with Crippen molar-refractivity contribution in [1.82, 2.24) is 10.2 Å². The highest BCUT2D eigenvalue weighted by Gasteiger charge is 2.19. The summed E-state index contributed by atoms with van der Waals surface area (Å²) < 4.78 is 5.64. The molecule has 0 aliphatic heterocycles. The molecule has 0 aliphatic rings. The summed E-state index contributed by atoms with van der Waals surface area (Å²) in [5.74, 6) is 0.390. The van der Waals surface area contributed by atoms with E-state index in [-0.39, 0.29) is 11.9 Å². The maximum atomic E-state index is 12.3. The van der Waals surface area contributed by atoms with Gasteiger partial charge in [-0.2, -0.15) is 5.26 Å². The second-order valence-electron chi connectivity index (χ2n) is 6.03. The van der Waals surface area contributed by atoms with Gasteiger partial charge in [0.05, 0.1) is 17.7 Å². The number of nitrogens with one attached hydrogen (secondary N) is 1. The molecule has 0 aliphatic carbocycles. The van der Waals surface area contributed by atoms with Crippen molar-refractivity contribution in [2.75, 3.05) is 20.6 Å². The van der Waals surface area contributed by atoms with E-state index in [1.165, 1.54) is 0 Å². The Bertz CT molecular complexity index is 721. The molecule has 1 amide bonds. The molecule has 0 saturated carbocycles. The van der Waals surface area contributed by atoms with E-state index in [1.807, 2.05) is 50.5 Å². The molecule has 5 nitrogen and oxygen atoms in total. The Morgan fingerprint density at radius 2 is 1.80 bits per heavy atom. The summed E-state index contributed by atoms with van der Waals surface area (Å²) in [7, 11) is 3.97. The number of nitriles is 1. The van der Waals surface area contributed by atoms with Crippen LogP contribution in [0, 0.1) is 11.3 Å². The molecule has 0 spiro atoms. The fraction of sp³-hybridized carbons (Fsp3) is 0.300. The lowest BCUT2D eigenvalue weighted by Crippen LogP contribution is -2.41. The van der Waals surface area contributed by atoms with Gasteiger partial charge >= 0.3 is 0 Å². The van der Waals surface area contributed by atoms with E-state index in [0.717, 1.165) is 5.56 Å². The zero-order valence-electron chi connectivity index (χ0n) is 14.8. The number of likely N-dealkylation sites (N-methyl/N-ethyl adjacent to an activating group) is 1. The van der Waals surface area contributed by atoms with E-state index in [4.69, 9.17) is 10.00 Å². The van der Waals surface area contributed by atoms with Crippen LogP contribution in [-0.4, -0.2) is 37.6 Å². The molecule has 0 radical (unpaired) electrons. The van der Waals surface area contributed by atoms with Crippen LogP contribution in [0.2, 0.25) is 0 Å². The molecule has 2 atom stereocenters. The summed E-state index contributed by atoms with van der Waals surface area (Å²) in [5.41, 5.74) is 1.70. The normalized spacial score (nSPS) is 12.9.